The number of aliphatic imine (C=N–C) groups is 4. The summed E-state index contributed by atoms with van der Waals surface area (Å²) < 4.78 is 19.4. The number of primary amides is 1. The van der Waals surface area contributed by atoms with Crippen LogP contribution in [0.5, 0.6) is 0 Å². The van der Waals surface area contributed by atoms with E-state index < -0.39 is 59.3 Å². The zero-order valence-corrected chi connectivity index (χ0v) is 40.3. The number of nitrogens with one attached hydrogen (secondary N) is 2. The Morgan fingerprint density at radius 3 is 2.44 bits per heavy atom. The van der Waals surface area contributed by atoms with Gasteiger partial charge < -0.3 is 46.4 Å². The number of carbonyl (C=O) groups is 5. The lowest BCUT2D eigenvalue weighted by Gasteiger charge is -2.30. The zero-order valence-electron chi connectivity index (χ0n) is 39.1. The molecule has 4 heterocycles. The summed E-state index contributed by atoms with van der Waals surface area (Å²) in [4.78, 5) is 85.1. The van der Waals surface area contributed by atoms with Crippen molar-refractivity contribution in [3.63, 3.8) is 0 Å². The molecule has 0 aliphatic carbocycles. The van der Waals surface area contributed by atoms with E-state index in [1.165, 1.54) is 24.6 Å². The Bertz CT molecular complexity index is 2610. The Labute approximate surface area is 396 Å². The summed E-state index contributed by atoms with van der Waals surface area (Å²) in [6.45, 7) is 13.1. The van der Waals surface area contributed by atoms with Gasteiger partial charge in [-0.3, -0.25) is 34.7 Å². The number of pyridine rings is 1. The third kappa shape index (κ3) is 14.3. The number of ether oxygens (including phenoxy) is 3. The number of carboxylic acids is 1. The highest BCUT2D eigenvalue weighted by Crippen LogP contribution is 2.31. The number of unbranched alkanes of at least 4 members (excludes halogenated alkanes) is 1. The maximum absolute atomic E-state index is 12.7. The Morgan fingerprint density at radius 1 is 1.06 bits per heavy atom. The lowest BCUT2D eigenvalue weighted by Crippen LogP contribution is -2.52. The molecule has 5 unspecified atom stereocenters. The van der Waals surface area contributed by atoms with E-state index in [9.17, 15) is 29.1 Å². The van der Waals surface area contributed by atoms with E-state index in [0.717, 1.165) is 41.5 Å². The van der Waals surface area contributed by atoms with Crippen LogP contribution in [0.3, 0.4) is 0 Å². The standard InChI is InChI=1S/C27H41N4O4P.C19H20N8O5/c1-7-8-13-21-30-22-23(19-11-9-10-12-20(19)29-24(22)28)31(21)15-26(4,5)35-25(32)33-16-27(6,17-36)34-14-18(2)3;20-13(28)6-5-12(18(31)32)25-16(29)9-1-3-10(4-2-9)22-7-11-8-23-15-14(24-11)17(30)27-19(21)26-15/h9-12,18H,7-8,13-17,36H2,1-6H3,(H2,28,29);1-4,7-8,12,14-15H,5-6H2,(H2,20,28)(H,25,29)(H,31,32)(H3,21,26,27,30). The number of nitrogens with zero attached hydrogens (tertiary/aromatic N) is 7. The predicted octanol–water partition coefficient (Wildman–Crippen LogP) is 4.25. The second-order valence-corrected chi connectivity index (χ2v) is 18.0. The summed E-state index contributed by atoms with van der Waals surface area (Å²) in [7, 11) is 2.66. The summed E-state index contributed by atoms with van der Waals surface area (Å²) in [5.74, 6) is -1.26. The number of rotatable bonds is 20. The minimum absolute atomic E-state index is 0.00705. The van der Waals surface area contributed by atoms with Crippen LogP contribution in [-0.2, 0) is 41.6 Å². The average molecular weight is 957 g/mol. The molecule has 2 aliphatic rings. The van der Waals surface area contributed by atoms with E-state index in [2.05, 4.69) is 70.2 Å². The van der Waals surface area contributed by atoms with Gasteiger partial charge in [-0.2, -0.15) is 0 Å². The molecule has 9 N–H and O–H groups in total. The molecule has 0 radical (unpaired) electrons. The van der Waals surface area contributed by atoms with Crippen LogP contribution < -0.4 is 27.8 Å². The monoisotopic (exact) mass is 956 g/mol. The number of nitrogen functional groups attached to an aromatic ring is 1. The van der Waals surface area contributed by atoms with Crippen molar-refractivity contribution in [2.75, 3.05) is 25.1 Å². The number of anilines is 1. The molecule has 3 amide bonds. The number of para-hydroxylation sites is 1. The summed E-state index contributed by atoms with van der Waals surface area (Å²) >= 11 is 0. The molecule has 2 aliphatic heterocycles. The Hall–Kier alpha value is -6.86. The fourth-order valence-electron chi connectivity index (χ4n) is 6.87. The molecule has 0 saturated carbocycles. The number of amides is 3. The molecule has 5 atom stereocenters. The van der Waals surface area contributed by atoms with Gasteiger partial charge in [-0.05, 0) is 76.0 Å². The van der Waals surface area contributed by atoms with Crippen molar-refractivity contribution in [2.45, 2.75) is 110 Å². The second kappa shape index (κ2) is 23.2. The van der Waals surface area contributed by atoms with Gasteiger partial charge in [0.2, 0.25) is 5.91 Å². The lowest BCUT2D eigenvalue weighted by atomic mass is 10.1. The molecule has 4 aromatic rings. The Kier molecular flexibility index (Phi) is 17.8. The molecule has 2 aromatic carbocycles. The molecular formula is C46H61N12O9P. The topological polar surface area (TPSA) is 316 Å². The molecule has 0 fully saturated rings. The number of hydrogen-bond acceptors (Lipinski definition) is 16. The minimum Gasteiger partial charge on any atom is -0.480 e. The normalized spacial score (nSPS) is 17.0. The van der Waals surface area contributed by atoms with E-state index in [4.69, 9.17) is 36.4 Å². The molecule has 364 valence electrons. The van der Waals surface area contributed by atoms with Gasteiger partial charge in [0.15, 0.2) is 24.0 Å². The van der Waals surface area contributed by atoms with Crippen molar-refractivity contribution in [1.82, 2.24) is 25.2 Å². The van der Waals surface area contributed by atoms with Crippen LogP contribution in [0.4, 0.5) is 16.3 Å². The number of guanidine groups is 1. The average Bonchev–Trinajstić information content (AvgIpc) is 3.65. The number of carbonyl (C=O) groups excluding carboxylic acids is 4. The zero-order chi connectivity index (χ0) is 49.8. The molecule has 6 rings (SSSR count). The highest BCUT2D eigenvalue weighted by atomic mass is 31.0. The molecule has 0 saturated heterocycles. The van der Waals surface area contributed by atoms with Gasteiger partial charge in [0, 0.05) is 30.4 Å². The van der Waals surface area contributed by atoms with E-state index in [-0.39, 0.29) is 31.0 Å². The van der Waals surface area contributed by atoms with Gasteiger partial charge in [0.05, 0.1) is 41.4 Å². The number of hydrogen-bond donors (Lipinski definition) is 6. The maximum Gasteiger partial charge on any atom is 0.508 e. The third-order valence-corrected chi connectivity index (χ3v) is 11.4. The van der Waals surface area contributed by atoms with Crippen molar-refractivity contribution >= 4 is 96.6 Å². The molecular weight excluding hydrogens is 896 g/mol. The highest BCUT2D eigenvalue weighted by Gasteiger charge is 2.34. The summed E-state index contributed by atoms with van der Waals surface area (Å²) in [6.07, 6.45) is 4.61. The fraction of sp³-hybridized carbons (Fsp3) is 0.457. The van der Waals surface area contributed by atoms with Crippen LogP contribution in [0.2, 0.25) is 0 Å². The first-order valence-electron chi connectivity index (χ1n) is 22.2. The van der Waals surface area contributed by atoms with Gasteiger partial charge in [-0.25, -0.2) is 24.5 Å². The lowest BCUT2D eigenvalue weighted by molar-refractivity contribution is -0.139. The largest absolute Gasteiger partial charge is 0.508 e. The van der Waals surface area contributed by atoms with Crippen molar-refractivity contribution < 1.29 is 43.3 Å². The number of aliphatic carboxylic acids is 1. The van der Waals surface area contributed by atoms with Gasteiger partial charge in [-0.1, -0.05) is 45.4 Å². The summed E-state index contributed by atoms with van der Waals surface area (Å²) in [5.41, 5.74) is 18.8. The first-order valence-corrected chi connectivity index (χ1v) is 23.0. The summed E-state index contributed by atoms with van der Waals surface area (Å²) in [5, 5.41) is 14.9. The van der Waals surface area contributed by atoms with Crippen LogP contribution in [0.15, 0.2) is 68.5 Å². The SMILES string of the molecule is CCCCc1nc2c(N)nc3ccccc3c2n1CC(C)(C)OC(=O)OCC(C)(CP)OCC(C)C.NC(=O)CCC(NC(=O)c1ccc(N=CC2=NC3C(=O)NC(N)=NC3N=C2)cc1)C(=O)O. The van der Waals surface area contributed by atoms with E-state index in [1.807, 2.05) is 45.0 Å². The van der Waals surface area contributed by atoms with Crippen molar-refractivity contribution in [2.24, 2.45) is 37.4 Å². The van der Waals surface area contributed by atoms with Gasteiger partial charge in [0.1, 0.15) is 35.2 Å². The van der Waals surface area contributed by atoms with Crippen LogP contribution in [0.25, 0.3) is 21.9 Å². The van der Waals surface area contributed by atoms with E-state index in [1.54, 1.807) is 12.1 Å². The Balaban J connectivity index is 0.000000256. The second-order valence-electron chi connectivity index (χ2n) is 17.6. The number of nitrogens with two attached hydrogens (primary N) is 3. The molecule has 22 heteroatoms. The van der Waals surface area contributed by atoms with Crippen molar-refractivity contribution in [3.05, 3.63) is 59.9 Å². The molecule has 21 nitrogen and oxygen atoms in total. The number of aromatic nitrogens is 3. The fourth-order valence-corrected chi connectivity index (χ4v) is 7.10. The van der Waals surface area contributed by atoms with Gasteiger partial charge >= 0.3 is 12.1 Å². The van der Waals surface area contributed by atoms with E-state index >= 15 is 0 Å². The highest BCUT2D eigenvalue weighted by molar-refractivity contribution is 7.16. The van der Waals surface area contributed by atoms with Crippen LogP contribution in [0.1, 0.15) is 83.4 Å². The van der Waals surface area contributed by atoms with Crippen LogP contribution in [0, 0.1) is 5.92 Å². The number of benzene rings is 2. The molecule has 0 bridgehead atoms. The smallest absolute Gasteiger partial charge is 0.480 e. The van der Waals surface area contributed by atoms with Crippen molar-refractivity contribution in [3.8, 4) is 0 Å². The van der Waals surface area contributed by atoms with E-state index in [0.29, 0.717) is 48.0 Å². The molecule has 68 heavy (non-hydrogen) atoms. The number of aryl methyl sites for hydroxylation is 1. The Morgan fingerprint density at radius 2 is 1.78 bits per heavy atom. The molecule has 0 spiro atoms. The summed E-state index contributed by atoms with van der Waals surface area (Å²) in [6, 6.07) is 11.8. The van der Waals surface area contributed by atoms with Crippen LogP contribution >= 0.6 is 9.24 Å². The number of carboxylic acid groups (broad SMARTS) is 1. The number of imidazole rings is 1. The maximum atomic E-state index is 12.7. The molecule has 2 aromatic heterocycles. The van der Waals surface area contributed by atoms with Crippen LogP contribution in [-0.4, -0.2) is 122 Å². The predicted molar refractivity (Wildman–Crippen MR) is 264 cm³/mol. The quantitative estimate of drug-likeness (QED) is 0.0411. The number of fused-ring (bicyclic) bond motifs is 4. The van der Waals surface area contributed by atoms with Crippen molar-refractivity contribution in [1.29, 1.82) is 0 Å². The first-order chi connectivity index (χ1) is 32.2. The van der Waals surface area contributed by atoms with Gasteiger partial charge in [0.25, 0.3) is 11.8 Å². The van der Waals surface area contributed by atoms with Gasteiger partial charge in [-0.15, -0.1) is 9.24 Å². The first kappa shape index (κ1) is 52.1. The minimum atomic E-state index is -1.27. The third-order valence-electron chi connectivity index (χ3n) is 10.5.